The van der Waals surface area contributed by atoms with Crippen molar-refractivity contribution in [2.75, 3.05) is 23.3 Å². The number of aliphatic carboxylic acids is 1. The third-order valence-electron chi connectivity index (χ3n) is 3.40. The molecule has 0 heterocycles. The number of hydrogen-bond acceptors (Lipinski definition) is 5. The van der Waals surface area contributed by atoms with Crippen LogP contribution in [0.4, 0.5) is 11.4 Å². The summed E-state index contributed by atoms with van der Waals surface area (Å²) in [6, 6.07) is 11.5. The second-order valence-corrected chi connectivity index (χ2v) is 7.17. The first kappa shape index (κ1) is 19.3. The zero-order valence-corrected chi connectivity index (χ0v) is 15.0. The predicted molar refractivity (Wildman–Crippen MR) is 95.9 cm³/mol. The molecule has 0 fully saturated rings. The number of benzene rings is 2. The van der Waals surface area contributed by atoms with E-state index in [0.717, 1.165) is 4.31 Å². The highest BCUT2D eigenvalue weighted by atomic mass is 32.2. The maximum atomic E-state index is 12.9. The summed E-state index contributed by atoms with van der Waals surface area (Å²) in [6.45, 7) is 0.602. The van der Waals surface area contributed by atoms with Crippen molar-refractivity contribution >= 4 is 33.3 Å². The number of carbonyl (C=O) groups excluding carboxylic acids is 1. The Morgan fingerprint density at radius 2 is 1.65 bits per heavy atom. The minimum atomic E-state index is -4.12. The Hall–Kier alpha value is -3.07. The molecule has 0 saturated heterocycles. The summed E-state index contributed by atoms with van der Waals surface area (Å²) >= 11 is 0. The SMILES string of the molecule is COc1ccc(N(CC(=O)O)S(=O)(=O)c2ccc(NC(C)=O)cc2)cc1. The standard InChI is InChI=1S/C17H18N2O6S/c1-12(20)18-13-3-9-16(10-4-13)26(23,24)19(11-17(21)22)14-5-7-15(25-2)8-6-14/h3-10H,11H2,1-2H3,(H,18,20)(H,21,22). The molecule has 0 aliphatic carbocycles. The van der Waals surface area contributed by atoms with Gasteiger partial charge >= 0.3 is 5.97 Å². The Labute approximate surface area is 151 Å². The summed E-state index contributed by atoms with van der Waals surface area (Å²) in [7, 11) is -2.65. The first-order valence-electron chi connectivity index (χ1n) is 7.50. The highest BCUT2D eigenvalue weighted by molar-refractivity contribution is 7.92. The topological polar surface area (TPSA) is 113 Å². The van der Waals surface area contributed by atoms with Gasteiger partial charge in [-0.1, -0.05) is 0 Å². The number of rotatable bonds is 7. The fourth-order valence-corrected chi connectivity index (χ4v) is 3.64. The highest BCUT2D eigenvalue weighted by Gasteiger charge is 2.27. The Morgan fingerprint density at radius 3 is 2.12 bits per heavy atom. The minimum absolute atomic E-state index is 0.0938. The number of sulfonamides is 1. The van der Waals surface area contributed by atoms with Gasteiger partial charge in [-0.2, -0.15) is 0 Å². The van der Waals surface area contributed by atoms with Crippen LogP contribution in [-0.4, -0.2) is 39.1 Å². The van der Waals surface area contributed by atoms with Crippen LogP contribution < -0.4 is 14.4 Å². The van der Waals surface area contributed by atoms with Crippen LogP contribution in [-0.2, 0) is 19.6 Å². The molecular weight excluding hydrogens is 360 g/mol. The lowest BCUT2D eigenvalue weighted by Crippen LogP contribution is -2.35. The van der Waals surface area contributed by atoms with Gasteiger partial charge in [0.05, 0.1) is 17.7 Å². The van der Waals surface area contributed by atoms with E-state index in [0.29, 0.717) is 11.4 Å². The lowest BCUT2D eigenvalue weighted by Gasteiger charge is -2.23. The predicted octanol–water partition coefficient (Wildman–Crippen LogP) is 1.93. The van der Waals surface area contributed by atoms with Gasteiger partial charge in [0.2, 0.25) is 5.91 Å². The number of methoxy groups -OCH3 is 1. The molecule has 138 valence electrons. The molecule has 2 rings (SSSR count). The fraction of sp³-hybridized carbons (Fsp3) is 0.176. The second-order valence-electron chi connectivity index (χ2n) is 5.31. The Morgan fingerprint density at radius 1 is 1.08 bits per heavy atom. The first-order valence-corrected chi connectivity index (χ1v) is 8.94. The van der Waals surface area contributed by atoms with E-state index in [1.807, 2.05) is 0 Å². The number of nitrogens with one attached hydrogen (secondary N) is 1. The molecule has 0 aliphatic heterocycles. The van der Waals surface area contributed by atoms with Crippen LogP contribution in [0.1, 0.15) is 6.92 Å². The van der Waals surface area contributed by atoms with Gasteiger partial charge in [0, 0.05) is 12.6 Å². The largest absolute Gasteiger partial charge is 0.497 e. The normalized spacial score (nSPS) is 10.8. The van der Waals surface area contributed by atoms with E-state index in [1.165, 1.54) is 50.4 Å². The van der Waals surface area contributed by atoms with Gasteiger partial charge in [0.15, 0.2) is 0 Å². The molecule has 0 unspecified atom stereocenters. The molecular formula is C17H18N2O6S. The number of carboxylic acids is 1. The molecule has 0 saturated carbocycles. The number of carboxylic acid groups (broad SMARTS) is 1. The second kappa shape index (κ2) is 7.87. The fourth-order valence-electron chi connectivity index (χ4n) is 2.23. The van der Waals surface area contributed by atoms with Crippen LogP contribution in [0.25, 0.3) is 0 Å². The molecule has 26 heavy (non-hydrogen) atoms. The van der Waals surface area contributed by atoms with Crippen molar-refractivity contribution in [3.8, 4) is 5.75 Å². The number of amides is 1. The van der Waals surface area contributed by atoms with Crippen molar-refractivity contribution < 1.29 is 27.9 Å². The summed E-state index contributed by atoms with van der Waals surface area (Å²) in [5.74, 6) is -1.06. The molecule has 2 aromatic rings. The van der Waals surface area contributed by atoms with Gasteiger partial charge in [0.25, 0.3) is 10.0 Å². The van der Waals surface area contributed by atoms with E-state index in [-0.39, 0.29) is 16.5 Å². The van der Waals surface area contributed by atoms with Gasteiger partial charge in [-0.3, -0.25) is 13.9 Å². The van der Waals surface area contributed by atoms with Gasteiger partial charge in [-0.05, 0) is 48.5 Å². The molecule has 0 aliphatic rings. The van der Waals surface area contributed by atoms with Crippen molar-refractivity contribution in [2.45, 2.75) is 11.8 Å². The lowest BCUT2D eigenvalue weighted by atomic mass is 10.3. The maximum Gasteiger partial charge on any atom is 0.324 e. The quantitative estimate of drug-likeness (QED) is 0.761. The van der Waals surface area contributed by atoms with Gasteiger partial charge in [-0.25, -0.2) is 8.42 Å². The van der Waals surface area contributed by atoms with Gasteiger partial charge < -0.3 is 15.2 Å². The van der Waals surface area contributed by atoms with Crippen molar-refractivity contribution in [3.63, 3.8) is 0 Å². The number of ether oxygens (including phenoxy) is 1. The van der Waals surface area contributed by atoms with Crippen molar-refractivity contribution in [3.05, 3.63) is 48.5 Å². The first-order chi connectivity index (χ1) is 12.2. The monoisotopic (exact) mass is 378 g/mol. The molecule has 2 N–H and O–H groups in total. The number of nitrogens with zero attached hydrogens (tertiary/aromatic N) is 1. The molecule has 0 radical (unpaired) electrons. The van der Waals surface area contributed by atoms with E-state index < -0.39 is 22.5 Å². The van der Waals surface area contributed by atoms with Crippen LogP contribution in [0.15, 0.2) is 53.4 Å². The Bertz CT molecular complexity index is 892. The molecule has 0 atom stereocenters. The van der Waals surface area contributed by atoms with Crippen LogP contribution in [0, 0.1) is 0 Å². The number of carbonyl (C=O) groups is 2. The third-order valence-corrected chi connectivity index (χ3v) is 5.19. The van der Waals surface area contributed by atoms with Crippen LogP contribution in [0.2, 0.25) is 0 Å². The zero-order chi connectivity index (χ0) is 19.3. The van der Waals surface area contributed by atoms with E-state index in [4.69, 9.17) is 9.84 Å². The van der Waals surface area contributed by atoms with E-state index in [2.05, 4.69) is 5.32 Å². The van der Waals surface area contributed by atoms with Crippen LogP contribution in [0.3, 0.4) is 0 Å². The van der Waals surface area contributed by atoms with Gasteiger partial charge in [0.1, 0.15) is 12.3 Å². The van der Waals surface area contributed by atoms with Crippen LogP contribution >= 0.6 is 0 Å². The van der Waals surface area contributed by atoms with Crippen molar-refractivity contribution in [1.29, 1.82) is 0 Å². The summed E-state index contributed by atoms with van der Waals surface area (Å²) in [5, 5.41) is 11.7. The van der Waals surface area contributed by atoms with E-state index in [9.17, 15) is 18.0 Å². The van der Waals surface area contributed by atoms with Gasteiger partial charge in [-0.15, -0.1) is 0 Å². The molecule has 8 nitrogen and oxygen atoms in total. The highest BCUT2D eigenvalue weighted by Crippen LogP contribution is 2.26. The third kappa shape index (κ3) is 4.51. The molecule has 1 amide bonds. The average Bonchev–Trinajstić information content (AvgIpc) is 2.59. The lowest BCUT2D eigenvalue weighted by molar-refractivity contribution is -0.135. The van der Waals surface area contributed by atoms with Crippen molar-refractivity contribution in [1.82, 2.24) is 0 Å². The molecule has 0 aromatic heterocycles. The average molecular weight is 378 g/mol. The summed E-state index contributed by atoms with van der Waals surface area (Å²) in [4.78, 5) is 22.1. The smallest absolute Gasteiger partial charge is 0.324 e. The Balaban J connectivity index is 2.41. The summed E-state index contributed by atoms with van der Waals surface area (Å²) < 4.78 is 31.6. The minimum Gasteiger partial charge on any atom is -0.497 e. The number of hydrogen-bond donors (Lipinski definition) is 2. The maximum absolute atomic E-state index is 12.9. The van der Waals surface area contributed by atoms with Crippen molar-refractivity contribution in [2.24, 2.45) is 0 Å². The Kier molecular flexibility index (Phi) is 5.83. The zero-order valence-electron chi connectivity index (χ0n) is 14.2. The molecule has 2 aromatic carbocycles. The molecule has 0 spiro atoms. The van der Waals surface area contributed by atoms with E-state index >= 15 is 0 Å². The van der Waals surface area contributed by atoms with E-state index in [1.54, 1.807) is 12.1 Å². The summed E-state index contributed by atoms with van der Waals surface area (Å²) in [5.41, 5.74) is 0.629. The van der Waals surface area contributed by atoms with Crippen LogP contribution in [0.5, 0.6) is 5.75 Å². The molecule has 9 heteroatoms. The summed E-state index contributed by atoms with van der Waals surface area (Å²) in [6.07, 6.45) is 0. The number of anilines is 2. The molecule has 0 bridgehead atoms.